The molecule has 0 amide bonds. The summed E-state index contributed by atoms with van der Waals surface area (Å²) in [6.45, 7) is 0. The lowest BCUT2D eigenvalue weighted by Crippen LogP contribution is -2.15. The second-order valence-electron chi connectivity index (χ2n) is 5.94. The molecule has 6 heteroatoms. The first-order valence-electron chi connectivity index (χ1n) is 8.40. The van der Waals surface area contributed by atoms with Crippen LogP contribution in [0.15, 0.2) is 77.7 Å². The van der Waals surface area contributed by atoms with Crippen LogP contribution in [0.2, 0.25) is 0 Å². The van der Waals surface area contributed by atoms with Gasteiger partial charge < -0.3 is 9.47 Å². The highest BCUT2D eigenvalue weighted by Gasteiger charge is 2.21. The molecule has 3 rings (SSSR count). The van der Waals surface area contributed by atoms with Gasteiger partial charge in [-0.05, 0) is 35.7 Å². The summed E-state index contributed by atoms with van der Waals surface area (Å²) in [5.74, 6) is 0.692. The zero-order chi connectivity index (χ0) is 19.3. The van der Waals surface area contributed by atoms with Gasteiger partial charge in [-0.25, -0.2) is 8.42 Å². The van der Waals surface area contributed by atoms with Crippen molar-refractivity contribution in [2.45, 2.75) is 11.3 Å². The summed E-state index contributed by atoms with van der Waals surface area (Å²) in [6.07, 6.45) is 0.620. The molecule has 0 radical (unpaired) electrons. The maximum absolute atomic E-state index is 13.0. The molecule has 140 valence electrons. The Kier molecular flexibility index (Phi) is 5.66. The largest absolute Gasteiger partial charge is 0.497 e. The summed E-state index contributed by atoms with van der Waals surface area (Å²) in [5.41, 5.74) is 2.52. The molecule has 0 saturated heterocycles. The molecule has 0 unspecified atom stereocenters. The second-order valence-corrected chi connectivity index (χ2v) is 7.59. The summed E-state index contributed by atoms with van der Waals surface area (Å²) in [4.78, 5) is 0.0267. The van der Waals surface area contributed by atoms with Crippen LogP contribution in [-0.4, -0.2) is 22.6 Å². The number of nitrogens with one attached hydrogen (secondary N) is 1. The zero-order valence-corrected chi connectivity index (χ0v) is 16.0. The molecule has 0 aliphatic carbocycles. The Morgan fingerprint density at radius 2 is 1.56 bits per heavy atom. The summed E-state index contributed by atoms with van der Waals surface area (Å²) < 4.78 is 39.1. The van der Waals surface area contributed by atoms with Gasteiger partial charge in [0.25, 0.3) is 10.0 Å². The fourth-order valence-electron chi connectivity index (χ4n) is 2.78. The minimum absolute atomic E-state index is 0.0267. The van der Waals surface area contributed by atoms with Crippen molar-refractivity contribution in [2.24, 2.45) is 0 Å². The number of rotatable bonds is 7. The van der Waals surface area contributed by atoms with E-state index < -0.39 is 10.0 Å². The monoisotopic (exact) mass is 383 g/mol. The molecule has 0 bridgehead atoms. The molecule has 0 spiro atoms. The Morgan fingerprint density at radius 1 is 0.852 bits per heavy atom. The van der Waals surface area contributed by atoms with Crippen molar-refractivity contribution in [1.29, 1.82) is 0 Å². The number of anilines is 1. The Morgan fingerprint density at radius 3 is 2.26 bits per heavy atom. The minimum Gasteiger partial charge on any atom is -0.497 e. The van der Waals surface area contributed by atoms with E-state index in [9.17, 15) is 8.42 Å². The standard InChI is InChI=1S/C21H21NO4S/c1-25-18-12-13-20(26-2)21(15-18)27(23,24)22-19-11-7-6-10-17(19)14-16-8-4-3-5-9-16/h3-13,15,22H,14H2,1-2H3. The lowest BCUT2D eigenvalue weighted by atomic mass is 10.0. The predicted molar refractivity (Wildman–Crippen MR) is 106 cm³/mol. The van der Waals surface area contributed by atoms with Crippen molar-refractivity contribution in [2.75, 3.05) is 18.9 Å². The number of hydrogen-bond acceptors (Lipinski definition) is 4. The molecular weight excluding hydrogens is 362 g/mol. The van der Waals surface area contributed by atoms with Crippen LogP contribution in [0.4, 0.5) is 5.69 Å². The third kappa shape index (κ3) is 4.41. The molecule has 5 nitrogen and oxygen atoms in total. The van der Waals surface area contributed by atoms with E-state index in [1.807, 2.05) is 42.5 Å². The highest BCUT2D eigenvalue weighted by atomic mass is 32.2. The van der Waals surface area contributed by atoms with Gasteiger partial charge in [-0.2, -0.15) is 0 Å². The van der Waals surface area contributed by atoms with Crippen LogP contribution >= 0.6 is 0 Å². The van der Waals surface area contributed by atoms with E-state index in [0.29, 0.717) is 17.9 Å². The maximum atomic E-state index is 13.0. The van der Waals surface area contributed by atoms with Crippen molar-refractivity contribution < 1.29 is 17.9 Å². The van der Waals surface area contributed by atoms with E-state index in [4.69, 9.17) is 9.47 Å². The summed E-state index contributed by atoms with van der Waals surface area (Å²) in [6, 6.07) is 21.9. The molecule has 0 aliphatic heterocycles. The SMILES string of the molecule is COc1ccc(OC)c(S(=O)(=O)Nc2ccccc2Cc2ccccc2)c1. The van der Waals surface area contributed by atoms with Gasteiger partial charge in [0.2, 0.25) is 0 Å². The molecule has 0 aliphatic rings. The summed E-state index contributed by atoms with van der Waals surface area (Å²) >= 11 is 0. The van der Waals surface area contributed by atoms with Crippen LogP contribution in [0.25, 0.3) is 0 Å². The van der Waals surface area contributed by atoms with E-state index in [1.54, 1.807) is 24.3 Å². The molecule has 1 N–H and O–H groups in total. The summed E-state index contributed by atoms with van der Waals surface area (Å²) in [7, 11) is -0.937. The quantitative estimate of drug-likeness (QED) is 0.667. The van der Waals surface area contributed by atoms with Gasteiger partial charge in [0.1, 0.15) is 16.4 Å². The topological polar surface area (TPSA) is 64.6 Å². The lowest BCUT2D eigenvalue weighted by Gasteiger charge is -2.15. The van der Waals surface area contributed by atoms with Gasteiger partial charge >= 0.3 is 0 Å². The first-order chi connectivity index (χ1) is 13.0. The van der Waals surface area contributed by atoms with Crippen molar-refractivity contribution in [3.05, 3.63) is 83.9 Å². The Hall–Kier alpha value is -2.99. The lowest BCUT2D eigenvalue weighted by molar-refractivity contribution is 0.392. The molecule has 27 heavy (non-hydrogen) atoms. The fourth-order valence-corrected chi connectivity index (χ4v) is 4.07. The fraction of sp³-hybridized carbons (Fsp3) is 0.143. The minimum atomic E-state index is -3.86. The van der Waals surface area contributed by atoms with Gasteiger partial charge in [0.05, 0.1) is 19.9 Å². The molecule has 0 saturated carbocycles. The van der Waals surface area contributed by atoms with Gasteiger partial charge in [-0.3, -0.25) is 4.72 Å². The van der Waals surface area contributed by atoms with E-state index in [1.165, 1.54) is 20.3 Å². The molecule has 0 aromatic heterocycles. The third-order valence-corrected chi connectivity index (χ3v) is 5.55. The number of benzene rings is 3. The molecule has 0 heterocycles. The van der Waals surface area contributed by atoms with Crippen LogP contribution in [0.5, 0.6) is 11.5 Å². The van der Waals surface area contributed by atoms with Crippen molar-refractivity contribution >= 4 is 15.7 Å². The van der Waals surface area contributed by atoms with Crippen molar-refractivity contribution in [3.63, 3.8) is 0 Å². The number of para-hydroxylation sites is 1. The third-order valence-electron chi connectivity index (χ3n) is 4.16. The molecule has 3 aromatic carbocycles. The molecule has 0 fully saturated rings. The molecular formula is C21H21NO4S. The first kappa shape index (κ1) is 18.8. The van der Waals surface area contributed by atoms with Crippen LogP contribution in [0.3, 0.4) is 0 Å². The van der Waals surface area contributed by atoms with Gasteiger partial charge in [-0.15, -0.1) is 0 Å². The number of ether oxygens (including phenoxy) is 2. The number of hydrogen-bond donors (Lipinski definition) is 1. The van der Waals surface area contributed by atoms with Crippen molar-refractivity contribution in [3.8, 4) is 11.5 Å². The van der Waals surface area contributed by atoms with E-state index in [-0.39, 0.29) is 10.6 Å². The van der Waals surface area contributed by atoms with Crippen LogP contribution < -0.4 is 14.2 Å². The van der Waals surface area contributed by atoms with Crippen molar-refractivity contribution in [1.82, 2.24) is 0 Å². The van der Waals surface area contributed by atoms with Crippen LogP contribution in [0.1, 0.15) is 11.1 Å². The zero-order valence-electron chi connectivity index (χ0n) is 15.2. The van der Waals surface area contributed by atoms with Crippen LogP contribution in [-0.2, 0) is 16.4 Å². The summed E-state index contributed by atoms with van der Waals surface area (Å²) in [5, 5.41) is 0. The van der Waals surface area contributed by atoms with E-state index >= 15 is 0 Å². The average molecular weight is 383 g/mol. The molecule has 3 aromatic rings. The van der Waals surface area contributed by atoms with Gasteiger partial charge in [0.15, 0.2) is 0 Å². The van der Waals surface area contributed by atoms with Gasteiger partial charge in [-0.1, -0.05) is 48.5 Å². The van der Waals surface area contributed by atoms with Gasteiger partial charge in [0, 0.05) is 6.07 Å². The highest BCUT2D eigenvalue weighted by molar-refractivity contribution is 7.92. The predicted octanol–water partition coefficient (Wildman–Crippen LogP) is 4.10. The Balaban J connectivity index is 1.95. The highest BCUT2D eigenvalue weighted by Crippen LogP contribution is 2.30. The second kappa shape index (κ2) is 8.14. The van der Waals surface area contributed by atoms with E-state index in [2.05, 4.69) is 4.72 Å². The number of sulfonamides is 1. The smallest absolute Gasteiger partial charge is 0.265 e. The first-order valence-corrected chi connectivity index (χ1v) is 9.88. The number of methoxy groups -OCH3 is 2. The van der Waals surface area contributed by atoms with E-state index in [0.717, 1.165) is 11.1 Å². The average Bonchev–Trinajstić information content (AvgIpc) is 2.69. The molecule has 0 atom stereocenters. The normalized spacial score (nSPS) is 11.0. The Labute approximate surface area is 159 Å². The maximum Gasteiger partial charge on any atom is 0.265 e. The Bertz CT molecular complexity index is 1020. The van der Waals surface area contributed by atoms with Crippen LogP contribution in [0, 0.1) is 0 Å².